The van der Waals surface area contributed by atoms with Crippen molar-refractivity contribution in [1.29, 1.82) is 0 Å². The lowest BCUT2D eigenvalue weighted by Gasteiger charge is -2.21. The molecular formula is C17H34N2. The second-order valence-corrected chi connectivity index (χ2v) is 5.89. The third-order valence-electron chi connectivity index (χ3n) is 3.95. The zero-order chi connectivity index (χ0) is 13.8. The fraction of sp³-hybridized carbons (Fsp3) is 0.882. The summed E-state index contributed by atoms with van der Waals surface area (Å²) < 4.78 is 0. The van der Waals surface area contributed by atoms with E-state index in [-0.39, 0.29) is 0 Å². The first-order valence-electron chi connectivity index (χ1n) is 8.53. The van der Waals surface area contributed by atoms with Gasteiger partial charge in [-0.2, -0.15) is 0 Å². The summed E-state index contributed by atoms with van der Waals surface area (Å²) in [6.07, 6.45) is 18.5. The van der Waals surface area contributed by atoms with Crippen molar-refractivity contribution >= 4 is 0 Å². The van der Waals surface area contributed by atoms with Crippen molar-refractivity contribution in [3.63, 3.8) is 0 Å². The first-order valence-corrected chi connectivity index (χ1v) is 8.53. The lowest BCUT2D eigenvalue weighted by atomic mass is 10.1. The van der Waals surface area contributed by atoms with E-state index in [1.165, 1.54) is 77.3 Å². The largest absolute Gasteiger partial charge is 0.359 e. The Morgan fingerprint density at radius 1 is 0.632 bits per heavy atom. The van der Waals surface area contributed by atoms with Gasteiger partial charge < -0.3 is 9.80 Å². The molecule has 1 rings (SSSR count). The lowest BCUT2D eigenvalue weighted by molar-refractivity contribution is 0.258. The van der Waals surface area contributed by atoms with E-state index in [9.17, 15) is 0 Å². The summed E-state index contributed by atoms with van der Waals surface area (Å²) in [5, 5.41) is 0. The molecule has 0 bridgehead atoms. The summed E-state index contributed by atoms with van der Waals surface area (Å²) in [5.41, 5.74) is 0. The molecule has 0 aliphatic carbocycles. The molecular weight excluding hydrogens is 232 g/mol. The Hall–Kier alpha value is -0.660. The van der Waals surface area contributed by atoms with E-state index in [1.54, 1.807) is 0 Å². The maximum atomic E-state index is 2.47. The summed E-state index contributed by atoms with van der Waals surface area (Å²) in [5.74, 6) is 0. The van der Waals surface area contributed by atoms with Gasteiger partial charge in [-0.3, -0.25) is 0 Å². The molecule has 0 atom stereocenters. The molecule has 0 aromatic rings. The minimum absolute atomic E-state index is 1.12. The summed E-state index contributed by atoms with van der Waals surface area (Å²) in [6, 6.07) is 0. The number of hydrogen-bond donors (Lipinski definition) is 0. The van der Waals surface area contributed by atoms with E-state index in [0.717, 1.165) is 6.67 Å². The molecule has 0 saturated carbocycles. The quantitative estimate of drug-likeness (QED) is 0.460. The van der Waals surface area contributed by atoms with E-state index < -0.39 is 0 Å². The standard InChI is InChI=1S/C17H34N2/c1-3-5-7-8-9-10-11-12-14-19-16-15-18(17-19)13-6-4-2/h15-16H,3-14,17H2,1-2H3. The molecule has 0 N–H and O–H groups in total. The minimum Gasteiger partial charge on any atom is -0.359 e. The average Bonchev–Trinajstić information content (AvgIpc) is 2.87. The van der Waals surface area contributed by atoms with Crippen LogP contribution >= 0.6 is 0 Å². The molecule has 0 saturated heterocycles. The van der Waals surface area contributed by atoms with Crippen LogP contribution in [0.15, 0.2) is 12.4 Å². The molecule has 0 unspecified atom stereocenters. The first-order chi connectivity index (χ1) is 9.36. The van der Waals surface area contributed by atoms with Crippen molar-refractivity contribution in [3.8, 4) is 0 Å². The number of unbranched alkanes of at least 4 members (excludes halogenated alkanes) is 8. The third-order valence-corrected chi connectivity index (χ3v) is 3.95. The maximum absolute atomic E-state index is 2.47. The van der Waals surface area contributed by atoms with Gasteiger partial charge in [-0.15, -0.1) is 0 Å². The molecule has 19 heavy (non-hydrogen) atoms. The maximum Gasteiger partial charge on any atom is 0.0893 e. The Bertz CT molecular complexity index is 225. The molecule has 0 aromatic heterocycles. The normalized spacial score (nSPS) is 14.6. The minimum atomic E-state index is 1.12. The molecule has 2 nitrogen and oxygen atoms in total. The zero-order valence-electron chi connectivity index (χ0n) is 13.2. The summed E-state index contributed by atoms with van der Waals surface area (Å²) in [4.78, 5) is 4.90. The number of hydrogen-bond acceptors (Lipinski definition) is 2. The molecule has 1 aliphatic rings. The van der Waals surface area contributed by atoms with Gasteiger partial charge in [0.1, 0.15) is 0 Å². The van der Waals surface area contributed by atoms with Crippen LogP contribution in [0.4, 0.5) is 0 Å². The van der Waals surface area contributed by atoms with Crippen LogP contribution in [0.2, 0.25) is 0 Å². The van der Waals surface area contributed by atoms with Crippen LogP contribution in [0.25, 0.3) is 0 Å². The second kappa shape index (κ2) is 11.2. The van der Waals surface area contributed by atoms with Gasteiger partial charge in [-0.05, 0) is 12.8 Å². The Balaban J connectivity index is 1.87. The molecule has 1 aliphatic heterocycles. The Labute approximate surface area is 120 Å². The van der Waals surface area contributed by atoms with Gasteiger partial charge in [-0.1, -0.05) is 65.2 Å². The van der Waals surface area contributed by atoms with Crippen LogP contribution in [-0.4, -0.2) is 29.6 Å². The Kier molecular flexibility index (Phi) is 9.66. The predicted octanol–water partition coefficient (Wildman–Crippen LogP) is 4.97. The van der Waals surface area contributed by atoms with Gasteiger partial charge >= 0.3 is 0 Å². The molecule has 0 amide bonds. The highest BCUT2D eigenvalue weighted by atomic mass is 15.3. The summed E-state index contributed by atoms with van der Waals surface area (Å²) in [7, 11) is 0. The highest BCUT2D eigenvalue weighted by Gasteiger charge is 2.10. The van der Waals surface area contributed by atoms with E-state index >= 15 is 0 Å². The number of rotatable bonds is 12. The van der Waals surface area contributed by atoms with Gasteiger partial charge in [0.25, 0.3) is 0 Å². The van der Waals surface area contributed by atoms with Crippen molar-refractivity contribution in [2.24, 2.45) is 0 Å². The fourth-order valence-corrected chi connectivity index (χ4v) is 2.62. The molecule has 112 valence electrons. The van der Waals surface area contributed by atoms with Crippen molar-refractivity contribution in [3.05, 3.63) is 12.4 Å². The Morgan fingerprint density at radius 2 is 1.11 bits per heavy atom. The summed E-state index contributed by atoms with van der Waals surface area (Å²) >= 11 is 0. The molecule has 0 radical (unpaired) electrons. The fourth-order valence-electron chi connectivity index (χ4n) is 2.62. The van der Waals surface area contributed by atoms with Crippen molar-refractivity contribution in [2.45, 2.75) is 78.1 Å². The molecule has 0 aromatic carbocycles. The van der Waals surface area contributed by atoms with Crippen LogP contribution in [0.1, 0.15) is 78.1 Å². The highest BCUT2D eigenvalue weighted by Crippen LogP contribution is 2.12. The van der Waals surface area contributed by atoms with Gasteiger partial charge in [0.05, 0.1) is 6.67 Å². The zero-order valence-corrected chi connectivity index (χ0v) is 13.2. The smallest absolute Gasteiger partial charge is 0.0893 e. The van der Waals surface area contributed by atoms with Crippen molar-refractivity contribution < 1.29 is 0 Å². The van der Waals surface area contributed by atoms with Crippen LogP contribution in [0.5, 0.6) is 0 Å². The summed E-state index contributed by atoms with van der Waals surface area (Å²) in [6.45, 7) is 8.14. The van der Waals surface area contributed by atoms with Gasteiger partial charge in [0, 0.05) is 25.5 Å². The monoisotopic (exact) mass is 266 g/mol. The predicted molar refractivity (Wildman–Crippen MR) is 84.9 cm³/mol. The third kappa shape index (κ3) is 8.18. The lowest BCUT2D eigenvalue weighted by Crippen LogP contribution is -2.26. The van der Waals surface area contributed by atoms with Gasteiger partial charge in [0.2, 0.25) is 0 Å². The first kappa shape index (κ1) is 16.4. The topological polar surface area (TPSA) is 6.48 Å². The average molecular weight is 266 g/mol. The van der Waals surface area contributed by atoms with Crippen LogP contribution in [0.3, 0.4) is 0 Å². The van der Waals surface area contributed by atoms with Crippen LogP contribution < -0.4 is 0 Å². The number of nitrogens with zero attached hydrogens (tertiary/aromatic N) is 2. The molecule has 0 spiro atoms. The molecule has 0 fully saturated rings. The Morgan fingerprint density at radius 3 is 1.68 bits per heavy atom. The van der Waals surface area contributed by atoms with E-state index in [2.05, 4.69) is 36.0 Å². The van der Waals surface area contributed by atoms with E-state index in [0.29, 0.717) is 0 Å². The molecule has 1 heterocycles. The van der Waals surface area contributed by atoms with E-state index in [1.807, 2.05) is 0 Å². The van der Waals surface area contributed by atoms with Gasteiger partial charge in [-0.25, -0.2) is 0 Å². The second-order valence-electron chi connectivity index (χ2n) is 5.89. The SMILES string of the molecule is CCCCCCCCCCN1C=CN(CCCC)C1. The van der Waals surface area contributed by atoms with Crippen molar-refractivity contribution in [2.75, 3.05) is 19.8 Å². The van der Waals surface area contributed by atoms with Crippen LogP contribution in [-0.2, 0) is 0 Å². The van der Waals surface area contributed by atoms with Gasteiger partial charge in [0.15, 0.2) is 0 Å². The van der Waals surface area contributed by atoms with Crippen LogP contribution in [0, 0.1) is 0 Å². The van der Waals surface area contributed by atoms with E-state index in [4.69, 9.17) is 0 Å². The highest BCUT2D eigenvalue weighted by molar-refractivity contribution is 4.90. The van der Waals surface area contributed by atoms with Crippen molar-refractivity contribution in [1.82, 2.24) is 9.80 Å². The molecule has 2 heteroatoms.